The van der Waals surface area contributed by atoms with Crippen LogP contribution in [-0.4, -0.2) is 37.0 Å². The molecule has 0 aliphatic carbocycles. The highest BCUT2D eigenvalue weighted by Gasteiger charge is 2.48. The van der Waals surface area contributed by atoms with E-state index in [1.807, 2.05) is 24.3 Å². The fourth-order valence-electron chi connectivity index (χ4n) is 3.66. The van der Waals surface area contributed by atoms with E-state index in [-0.39, 0.29) is 16.5 Å². The Labute approximate surface area is 213 Å². The lowest BCUT2D eigenvalue weighted by Crippen LogP contribution is -2.29. The molecule has 0 bridgehead atoms. The predicted molar refractivity (Wildman–Crippen MR) is 134 cm³/mol. The minimum atomic E-state index is -0.911. The van der Waals surface area contributed by atoms with Crippen LogP contribution >= 0.6 is 34.7 Å². The number of nitrogens with zero attached hydrogens (tertiary/aromatic N) is 5. The number of hydrogen-bond donors (Lipinski definition) is 1. The first-order valence-corrected chi connectivity index (χ1v) is 12.5. The van der Waals surface area contributed by atoms with Crippen LogP contribution < -0.4 is 4.90 Å². The lowest BCUT2D eigenvalue weighted by molar-refractivity contribution is -0.132. The second kappa shape index (κ2) is 9.95. The number of aromatic nitrogens is 4. The molecule has 35 heavy (non-hydrogen) atoms. The van der Waals surface area contributed by atoms with Crippen molar-refractivity contribution >= 4 is 57.3 Å². The van der Waals surface area contributed by atoms with Crippen LogP contribution in [-0.2, 0) is 15.3 Å². The second-order valence-electron chi connectivity index (χ2n) is 7.42. The Morgan fingerprint density at radius 2 is 1.83 bits per heavy atom. The zero-order valence-electron chi connectivity index (χ0n) is 17.9. The van der Waals surface area contributed by atoms with Crippen LogP contribution in [0.1, 0.15) is 22.7 Å². The van der Waals surface area contributed by atoms with E-state index in [1.165, 1.54) is 40.4 Å². The molecule has 0 spiro atoms. The molecule has 4 aromatic rings. The van der Waals surface area contributed by atoms with Crippen molar-refractivity contribution in [2.75, 3.05) is 4.90 Å². The van der Waals surface area contributed by atoms with Crippen molar-refractivity contribution in [1.29, 1.82) is 0 Å². The van der Waals surface area contributed by atoms with E-state index in [1.54, 1.807) is 36.7 Å². The zero-order chi connectivity index (χ0) is 24.4. The van der Waals surface area contributed by atoms with E-state index >= 15 is 0 Å². The number of halogens is 1. The number of pyridine rings is 2. The Morgan fingerprint density at radius 1 is 1.03 bits per heavy atom. The molecule has 11 heteroatoms. The molecule has 4 heterocycles. The Balaban J connectivity index is 1.52. The first-order chi connectivity index (χ1) is 17.0. The number of aliphatic hydroxyl groups is 1. The summed E-state index contributed by atoms with van der Waals surface area (Å²) in [4.78, 5) is 35.7. The number of anilines is 1. The van der Waals surface area contributed by atoms with E-state index in [4.69, 9.17) is 11.6 Å². The summed E-state index contributed by atoms with van der Waals surface area (Å²) in [5.74, 6) is -1.33. The SMILES string of the molecule is O=C1C(=O)N(c2nnc(SCc3ccccc3Cl)s2)C(c2cccnc2)C1=C(O)c1ccncc1. The molecule has 1 saturated heterocycles. The van der Waals surface area contributed by atoms with Gasteiger partial charge >= 0.3 is 5.91 Å². The van der Waals surface area contributed by atoms with E-state index in [0.717, 1.165) is 5.56 Å². The van der Waals surface area contributed by atoms with Crippen LogP contribution in [0.2, 0.25) is 5.02 Å². The molecule has 1 unspecified atom stereocenters. The van der Waals surface area contributed by atoms with Gasteiger partial charge in [-0.3, -0.25) is 24.5 Å². The summed E-state index contributed by atoms with van der Waals surface area (Å²) in [6, 6.07) is 13.2. The van der Waals surface area contributed by atoms with Gasteiger partial charge in [0.15, 0.2) is 4.34 Å². The Morgan fingerprint density at radius 3 is 2.57 bits per heavy atom. The summed E-state index contributed by atoms with van der Waals surface area (Å²) in [6.07, 6.45) is 6.14. The minimum Gasteiger partial charge on any atom is -0.507 e. The topological polar surface area (TPSA) is 109 Å². The summed E-state index contributed by atoms with van der Waals surface area (Å²) in [5, 5.41) is 20.3. The van der Waals surface area contributed by atoms with Crippen LogP contribution in [0, 0.1) is 0 Å². The molecule has 1 N–H and O–H groups in total. The summed E-state index contributed by atoms with van der Waals surface area (Å²) >= 11 is 8.85. The average molecular weight is 522 g/mol. The third kappa shape index (κ3) is 4.55. The number of benzene rings is 1. The maximum Gasteiger partial charge on any atom is 0.301 e. The molecule has 0 saturated carbocycles. The van der Waals surface area contributed by atoms with Crippen molar-refractivity contribution in [2.24, 2.45) is 0 Å². The Hall–Kier alpha value is -3.60. The van der Waals surface area contributed by atoms with Crippen molar-refractivity contribution in [1.82, 2.24) is 20.2 Å². The van der Waals surface area contributed by atoms with Crippen molar-refractivity contribution in [3.63, 3.8) is 0 Å². The van der Waals surface area contributed by atoms with Crippen LogP contribution in [0.5, 0.6) is 0 Å². The number of aliphatic hydroxyl groups excluding tert-OH is 1. The van der Waals surface area contributed by atoms with E-state index in [2.05, 4.69) is 20.2 Å². The molecular weight excluding hydrogens is 506 g/mol. The van der Waals surface area contributed by atoms with Gasteiger partial charge in [-0.05, 0) is 35.4 Å². The van der Waals surface area contributed by atoms with Gasteiger partial charge in [-0.25, -0.2) is 0 Å². The molecule has 1 aliphatic heterocycles. The van der Waals surface area contributed by atoms with Gasteiger partial charge in [-0.1, -0.05) is 59.0 Å². The number of rotatable bonds is 6. The average Bonchev–Trinajstić information content (AvgIpc) is 3.46. The Bertz CT molecular complexity index is 1430. The fourth-order valence-corrected chi connectivity index (χ4v) is 5.81. The largest absolute Gasteiger partial charge is 0.507 e. The smallest absolute Gasteiger partial charge is 0.301 e. The van der Waals surface area contributed by atoms with Gasteiger partial charge in [0.05, 0.1) is 11.6 Å². The van der Waals surface area contributed by atoms with Gasteiger partial charge < -0.3 is 5.11 Å². The summed E-state index contributed by atoms with van der Waals surface area (Å²) < 4.78 is 0.612. The normalized spacial score (nSPS) is 17.2. The van der Waals surface area contributed by atoms with Gasteiger partial charge in [0.2, 0.25) is 5.13 Å². The van der Waals surface area contributed by atoms with Gasteiger partial charge in [-0.15, -0.1) is 10.2 Å². The lowest BCUT2D eigenvalue weighted by atomic mass is 9.97. The highest BCUT2D eigenvalue weighted by molar-refractivity contribution is 8.00. The van der Waals surface area contributed by atoms with Crippen molar-refractivity contribution in [2.45, 2.75) is 16.1 Å². The quantitative estimate of drug-likeness (QED) is 0.125. The third-order valence-electron chi connectivity index (χ3n) is 5.31. The third-order valence-corrected chi connectivity index (χ3v) is 7.78. The van der Waals surface area contributed by atoms with Gasteiger partial charge in [-0.2, -0.15) is 0 Å². The number of Topliss-reactive ketones (excluding diaryl/α,β-unsaturated/α-hetero) is 1. The van der Waals surface area contributed by atoms with E-state index < -0.39 is 17.7 Å². The van der Waals surface area contributed by atoms with Gasteiger partial charge in [0.1, 0.15) is 5.76 Å². The molecule has 1 atom stereocenters. The summed E-state index contributed by atoms with van der Waals surface area (Å²) in [6.45, 7) is 0. The number of thioether (sulfide) groups is 1. The number of amides is 1. The molecular formula is C24H16ClN5O3S2. The van der Waals surface area contributed by atoms with Crippen molar-refractivity contribution in [3.05, 3.63) is 101 Å². The summed E-state index contributed by atoms with van der Waals surface area (Å²) in [5.41, 5.74) is 1.83. The van der Waals surface area contributed by atoms with Crippen LogP contribution in [0.15, 0.2) is 83.2 Å². The molecule has 0 radical (unpaired) electrons. The van der Waals surface area contributed by atoms with Crippen molar-refractivity contribution in [3.8, 4) is 0 Å². The van der Waals surface area contributed by atoms with Crippen molar-refractivity contribution < 1.29 is 14.7 Å². The highest BCUT2D eigenvalue weighted by Crippen LogP contribution is 2.43. The minimum absolute atomic E-state index is 0.0466. The second-order valence-corrected chi connectivity index (χ2v) is 10.0. The monoisotopic (exact) mass is 521 g/mol. The lowest BCUT2D eigenvalue weighted by Gasteiger charge is -2.22. The first-order valence-electron chi connectivity index (χ1n) is 10.4. The van der Waals surface area contributed by atoms with E-state index in [0.29, 0.717) is 26.2 Å². The molecule has 174 valence electrons. The molecule has 1 aromatic carbocycles. The van der Waals surface area contributed by atoms with Crippen LogP contribution in [0.3, 0.4) is 0 Å². The van der Waals surface area contributed by atoms with Gasteiger partial charge in [0.25, 0.3) is 5.78 Å². The molecule has 1 fully saturated rings. The highest BCUT2D eigenvalue weighted by atomic mass is 35.5. The van der Waals surface area contributed by atoms with Gasteiger partial charge in [0, 0.05) is 41.1 Å². The summed E-state index contributed by atoms with van der Waals surface area (Å²) in [7, 11) is 0. The van der Waals surface area contributed by atoms with Crippen LogP contribution in [0.25, 0.3) is 5.76 Å². The predicted octanol–water partition coefficient (Wildman–Crippen LogP) is 4.90. The first kappa shape index (κ1) is 23.2. The van der Waals surface area contributed by atoms with E-state index in [9.17, 15) is 14.7 Å². The molecule has 3 aromatic heterocycles. The zero-order valence-corrected chi connectivity index (χ0v) is 20.3. The maximum absolute atomic E-state index is 13.2. The fraction of sp³-hybridized carbons (Fsp3) is 0.0833. The molecule has 1 amide bonds. The molecule has 5 rings (SSSR count). The number of carbonyl (C=O) groups is 2. The molecule has 1 aliphatic rings. The van der Waals surface area contributed by atoms with Crippen LogP contribution in [0.4, 0.5) is 5.13 Å². The number of ketones is 1. The Kier molecular flexibility index (Phi) is 6.58. The maximum atomic E-state index is 13.2. The number of carbonyl (C=O) groups excluding carboxylic acids is 2. The standard InChI is InChI=1S/C24H16ClN5O3S2/c25-17-6-2-1-4-16(17)13-34-24-29-28-23(35-24)30-19(15-5-3-9-27-12-15)18(21(32)22(30)33)20(31)14-7-10-26-11-8-14/h1-12,19,31H,13H2. The molecule has 8 nitrogen and oxygen atoms in total. The number of hydrogen-bond acceptors (Lipinski definition) is 9.